The van der Waals surface area contributed by atoms with Crippen LogP contribution in [0.4, 0.5) is 5.69 Å². The number of halogens is 1. The normalized spacial score (nSPS) is 18.4. The molecule has 2 saturated heterocycles. The van der Waals surface area contributed by atoms with Gasteiger partial charge in [0, 0.05) is 5.02 Å². The van der Waals surface area contributed by atoms with Crippen LogP contribution in [0.5, 0.6) is 11.5 Å². The fraction of sp³-hybridized carbons (Fsp3) is 0.172. The van der Waals surface area contributed by atoms with Crippen LogP contribution in [0.3, 0.4) is 0 Å². The SMILES string of the molecule is COc1cc(/C=C2\SC(=S)N(C3CC(=O)N(c4ccc(Cl)cc4)C3=O)C2=O)ccc1OCc1ccc(C)cc1. The van der Waals surface area contributed by atoms with Crippen LogP contribution in [-0.2, 0) is 21.0 Å². The van der Waals surface area contributed by atoms with Gasteiger partial charge in [-0.3, -0.25) is 19.3 Å². The molecule has 198 valence electrons. The van der Waals surface area contributed by atoms with E-state index in [9.17, 15) is 14.4 Å². The van der Waals surface area contributed by atoms with Crippen LogP contribution in [0.25, 0.3) is 6.08 Å². The third kappa shape index (κ3) is 5.56. The van der Waals surface area contributed by atoms with Crippen molar-refractivity contribution in [2.24, 2.45) is 0 Å². The summed E-state index contributed by atoms with van der Waals surface area (Å²) >= 11 is 12.5. The number of thiocarbonyl (C=S) groups is 1. The zero-order valence-corrected chi connectivity index (χ0v) is 23.4. The molecule has 0 aliphatic carbocycles. The largest absolute Gasteiger partial charge is 0.493 e. The highest BCUT2D eigenvalue weighted by Gasteiger charge is 2.48. The summed E-state index contributed by atoms with van der Waals surface area (Å²) in [6, 6.07) is 18.8. The van der Waals surface area contributed by atoms with Gasteiger partial charge in [-0.05, 0) is 60.5 Å². The van der Waals surface area contributed by atoms with E-state index in [2.05, 4.69) is 0 Å². The van der Waals surface area contributed by atoms with Gasteiger partial charge in [0.2, 0.25) is 5.91 Å². The van der Waals surface area contributed by atoms with Crippen LogP contribution in [0, 0.1) is 6.92 Å². The van der Waals surface area contributed by atoms with Gasteiger partial charge in [0.15, 0.2) is 11.5 Å². The first kappa shape index (κ1) is 26.9. The molecule has 0 radical (unpaired) electrons. The molecule has 7 nitrogen and oxygen atoms in total. The number of ether oxygens (including phenoxy) is 2. The molecule has 2 fully saturated rings. The maximum Gasteiger partial charge on any atom is 0.266 e. The first-order chi connectivity index (χ1) is 18.7. The second kappa shape index (κ2) is 11.2. The lowest BCUT2D eigenvalue weighted by Crippen LogP contribution is -2.44. The number of methoxy groups -OCH3 is 1. The number of thioether (sulfide) groups is 1. The van der Waals surface area contributed by atoms with Gasteiger partial charge in [0.1, 0.15) is 17.0 Å². The molecule has 1 atom stereocenters. The molecule has 10 heteroatoms. The molecule has 3 aromatic carbocycles. The number of rotatable bonds is 7. The van der Waals surface area contributed by atoms with Crippen molar-refractivity contribution in [1.82, 2.24) is 4.90 Å². The number of carbonyl (C=O) groups excluding carboxylic acids is 3. The topological polar surface area (TPSA) is 76.2 Å². The average Bonchev–Trinajstić information content (AvgIpc) is 3.37. The lowest BCUT2D eigenvalue weighted by atomic mass is 10.1. The monoisotopic (exact) mass is 578 g/mol. The molecule has 39 heavy (non-hydrogen) atoms. The van der Waals surface area contributed by atoms with Crippen molar-refractivity contribution < 1.29 is 23.9 Å². The van der Waals surface area contributed by atoms with E-state index in [1.54, 1.807) is 49.6 Å². The predicted octanol–water partition coefficient (Wildman–Crippen LogP) is 5.77. The lowest BCUT2D eigenvalue weighted by molar-refractivity contribution is -0.129. The van der Waals surface area contributed by atoms with Crippen LogP contribution in [0.15, 0.2) is 71.6 Å². The van der Waals surface area contributed by atoms with Gasteiger partial charge >= 0.3 is 0 Å². The van der Waals surface area contributed by atoms with E-state index in [0.717, 1.165) is 22.2 Å². The molecule has 3 aromatic rings. The van der Waals surface area contributed by atoms with Gasteiger partial charge in [-0.15, -0.1) is 0 Å². The quantitative estimate of drug-likeness (QED) is 0.200. The Balaban J connectivity index is 1.32. The minimum Gasteiger partial charge on any atom is -0.493 e. The molecule has 2 aliphatic heterocycles. The highest BCUT2D eigenvalue weighted by Crippen LogP contribution is 2.38. The zero-order chi connectivity index (χ0) is 27.7. The van der Waals surface area contributed by atoms with E-state index >= 15 is 0 Å². The van der Waals surface area contributed by atoms with Gasteiger partial charge in [-0.25, -0.2) is 4.90 Å². The number of anilines is 1. The molecule has 0 saturated carbocycles. The van der Waals surface area contributed by atoms with Crippen LogP contribution < -0.4 is 14.4 Å². The summed E-state index contributed by atoms with van der Waals surface area (Å²) in [5, 5.41) is 0.485. The van der Waals surface area contributed by atoms with Gasteiger partial charge in [0.25, 0.3) is 11.8 Å². The number of carbonyl (C=O) groups is 3. The summed E-state index contributed by atoms with van der Waals surface area (Å²) < 4.78 is 11.7. The summed E-state index contributed by atoms with van der Waals surface area (Å²) in [5.41, 5.74) is 3.31. The molecule has 0 aromatic heterocycles. The first-order valence-electron chi connectivity index (χ1n) is 12.0. The second-order valence-electron chi connectivity index (χ2n) is 9.00. The summed E-state index contributed by atoms with van der Waals surface area (Å²) in [5.74, 6) is -0.248. The fourth-order valence-electron chi connectivity index (χ4n) is 4.32. The van der Waals surface area contributed by atoms with Crippen LogP contribution in [-0.4, -0.2) is 40.1 Å². The van der Waals surface area contributed by atoms with E-state index in [4.69, 9.17) is 33.3 Å². The maximum absolute atomic E-state index is 13.3. The number of benzene rings is 3. The summed E-state index contributed by atoms with van der Waals surface area (Å²) in [6.07, 6.45) is 1.53. The molecule has 0 bridgehead atoms. The second-order valence-corrected chi connectivity index (χ2v) is 11.1. The molecule has 0 N–H and O–H groups in total. The Morgan fingerprint density at radius 2 is 1.74 bits per heavy atom. The third-order valence-corrected chi connectivity index (χ3v) is 7.93. The Hall–Kier alpha value is -3.66. The van der Waals surface area contributed by atoms with Crippen molar-refractivity contribution in [1.29, 1.82) is 0 Å². The van der Waals surface area contributed by atoms with Crippen LogP contribution in [0.2, 0.25) is 5.02 Å². The van der Waals surface area contributed by atoms with Crippen molar-refractivity contribution in [3.63, 3.8) is 0 Å². The van der Waals surface area contributed by atoms with Crippen molar-refractivity contribution in [3.05, 3.63) is 93.3 Å². The standard InChI is InChI=1S/C29H23ClN2O5S2/c1-17-3-5-18(6-4-17)16-37-23-12-7-19(13-24(23)36-2)14-25-28(35)32(29(38)39-25)22-15-26(33)31(27(22)34)21-10-8-20(30)9-11-21/h3-14,22H,15-16H2,1-2H3/b25-14-. The molecular weight excluding hydrogens is 556 g/mol. The van der Waals surface area contributed by atoms with E-state index < -0.39 is 23.8 Å². The van der Waals surface area contributed by atoms with Crippen molar-refractivity contribution in [2.45, 2.75) is 26.0 Å². The number of amides is 3. The minimum atomic E-state index is -1.00. The lowest BCUT2D eigenvalue weighted by Gasteiger charge is -2.21. The van der Waals surface area contributed by atoms with E-state index in [0.29, 0.717) is 39.3 Å². The average molecular weight is 579 g/mol. The molecule has 2 heterocycles. The third-order valence-electron chi connectivity index (χ3n) is 6.34. The Labute approximate surface area is 240 Å². The van der Waals surface area contributed by atoms with Gasteiger partial charge in [-0.1, -0.05) is 71.5 Å². The summed E-state index contributed by atoms with van der Waals surface area (Å²) in [7, 11) is 1.55. The number of nitrogens with zero attached hydrogens (tertiary/aromatic N) is 2. The Kier molecular flexibility index (Phi) is 7.74. The van der Waals surface area contributed by atoms with Crippen molar-refractivity contribution in [3.8, 4) is 11.5 Å². The van der Waals surface area contributed by atoms with E-state index in [1.807, 2.05) is 37.3 Å². The highest BCUT2D eigenvalue weighted by atomic mass is 35.5. The number of hydrogen-bond donors (Lipinski definition) is 0. The minimum absolute atomic E-state index is 0.151. The zero-order valence-electron chi connectivity index (χ0n) is 21.0. The number of imide groups is 1. The fourth-order valence-corrected chi connectivity index (χ4v) is 5.80. The molecular formula is C29H23ClN2O5S2. The molecule has 5 rings (SSSR count). The van der Waals surface area contributed by atoms with Crippen molar-refractivity contribution in [2.75, 3.05) is 12.0 Å². The molecule has 0 spiro atoms. The Bertz CT molecular complexity index is 1510. The predicted molar refractivity (Wildman–Crippen MR) is 156 cm³/mol. The van der Waals surface area contributed by atoms with Gasteiger partial charge in [0.05, 0.1) is 24.1 Å². The van der Waals surface area contributed by atoms with E-state index in [-0.39, 0.29) is 10.7 Å². The smallest absolute Gasteiger partial charge is 0.266 e. The van der Waals surface area contributed by atoms with Gasteiger partial charge < -0.3 is 9.47 Å². The van der Waals surface area contributed by atoms with Gasteiger partial charge in [-0.2, -0.15) is 0 Å². The van der Waals surface area contributed by atoms with Crippen LogP contribution in [0.1, 0.15) is 23.1 Å². The number of aryl methyl sites for hydroxylation is 1. The summed E-state index contributed by atoms with van der Waals surface area (Å²) in [4.78, 5) is 41.9. The summed E-state index contributed by atoms with van der Waals surface area (Å²) in [6.45, 7) is 2.41. The maximum atomic E-state index is 13.3. The van der Waals surface area contributed by atoms with E-state index in [1.165, 1.54) is 10.5 Å². The molecule has 3 amide bonds. The van der Waals surface area contributed by atoms with Crippen molar-refractivity contribution >= 4 is 69.4 Å². The molecule has 2 aliphatic rings. The molecule has 1 unspecified atom stereocenters. The Morgan fingerprint density at radius 1 is 1.03 bits per heavy atom. The first-order valence-corrected chi connectivity index (χ1v) is 13.6. The Morgan fingerprint density at radius 3 is 2.44 bits per heavy atom. The highest BCUT2D eigenvalue weighted by molar-refractivity contribution is 8.26. The van der Waals surface area contributed by atoms with Crippen LogP contribution >= 0.6 is 35.6 Å². The number of hydrogen-bond acceptors (Lipinski definition) is 7.